The second kappa shape index (κ2) is 12.5. The molecular formula is C49H29N5O. The molecule has 0 saturated heterocycles. The summed E-state index contributed by atoms with van der Waals surface area (Å²) in [6.07, 6.45) is 3.61. The van der Waals surface area contributed by atoms with Crippen LogP contribution in [0.1, 0.15) is 0 Å². The molecule has 0 aliphatic heterocycles. The van der Waals surface area contributed by atoms with Gasteiger partial charge in [-0.25, -0.2) is 15.0 Å². The first-order valence-electron chi connectivity index (χ1n) is 18.2. The number of nitrogens with zero attached hydrogens (tertiary/aromatic N) is 5. The van der Waals surface area contributed by atoms with Gasteiger partial charge in [0.15, 0.2) is 17.5 Å². The van der Waals surface area contributed by atoms with Crippen LogP contribution in [0.25, 0.3) is 111 Å². The summed E-state index contributed by atoms with van der Waals surface area (Å²) in [5, 5.41) is 7.71. The molecule has 0 saturated carbocycles. The smallest absolute Gasteiger partial charge is 0.164 e. The quantitative estimate of drug-likeness (QED) is 0.178. The van der Waals surface area contributed by atoms with E-state index >= 15 is 0 Å². The number of furan rings is 1. The van der Waals surface area contributed by atoms with E-state index in [1.807, 2.05) is 30.3 Å². The highest BCUT2D eigenvalue weighted by molar-refractivity contribution is 6.15. The Morgan fingerprint density at radius 1 is 0.364 bits per heavy atom. The molecule has 6 nitrogen and oxygen atoms in total. The van der Waals surface area contributed by atoms with Gasteiger partial charge >= 0.3 is 0 Å². The first-order valence-corrected chi connectivity index (χ1v) is 18.2. The zero-order valence-electron chi connectivity index (χ0n) is 29.4. The molecule has 0 radical (unpaired) electrons. The van der Waals surface area contributed by atoms with Crippen LogP contribution in [-0.2, 0) is 0 Å². The summed E-state index contributed by atoms with van der Waals surface area (Å²) in [5.41, 5.74) is 9.32. The van der Waals surface area contributed by atoms with Crippen LogP contribution in [0.15, 0.2) is 181 Å². The standard InChI is InChI=1S/C49H29N5O/c1-2-8-35-27-38(23-16-30(35)7-1)31-14-19-33(20-15-31)47-52-48(34-21-17-32(18-22-34)46-39-12-6-25-50-42(39)24-26-51-46)54-49(53-47)40-11-5-13-43-45(40)41-28-36-9-3-4-10-37(36)29-44(41)55-43/h1-29H. The Labute approximate surface area is 315 Å². The molecule has 11 aromatic rings. The number of fused-ring (bicyclic) bond motifs is 6. The van der Waals surface area contributed by atoms with Gasteiger partial charge in [-0.15, -0.1) is 0 Å². The second-order valence-corrected chi connectivity index (χ2v) is 13.7. The number of pyridine rings is 2. The molecule has 7 aromatic carbocycles. The summed E-state index contributed by atoms with van der Waals surface area (Å²) in [4.78, 5) is 24.6. The van der Waals surface area contributed by atoms with E-state index in [-0.39, 0.29) is 0 Å². The van der Waals surface area contributed by atoms with E-state index in [1.165, 1.54) is 10.8 Å². The Balaban J connectivity index is 1.06. The summed E-state index contributed by atoms with van der Waals surface area (Å²) in [7, 11) is 0. The molecular weight excluding hydrogens is 675 g/mol. The third kappa shape index (κ3) is 5.39. The molecule has 0 spiro atoms. The molecule has 4 heterocycles. The van der Waals surface area contributed by atoms with Crippen molar-refractivity contribution in [1.29, 1.82) is 0 Å². The second-order valence-electron chi connectivity index (χ2n) is 13.7. The lowest BCUT2D eigenvalue weighted by atomic mass is 10.00. The zero-order chi connectivity index (χ0) is 36.3. The molecule has 0 fully saturated rings. The van der Waals surface area contributed by atoms with Crippen LogP contribution in [-0.4, -0.2) is 24.9 Å². The predicted octanol–water partition coefficient (Wildman–Crippen LogP) is 12.4. The molecule has 0 bridgehead atoms. The molecule has 256 valence electrons. The van der Waals surface area contributed by atoms with Gasteiger partial charge in [0.1, 0.15) is 11.2 Å². The fraction of sp³-hybridized carbons (Fsp3) is 0. The maximum absolute atomic E-state index is 6.44. The van der Waals surface area contributed by atoms with Gasteiger partial charge in [0.05, 0.1) is 11.2 Å². The van der Waals surface area contributed by atoms with Crippen LogP contribution in [0.2, 0.25) is 0 Å². The molecule has 55 heavy (non-hydrogen) atoms. The molecule has 0 amide bonds. The highest BCUT2D eigenvalue weighted by atomic mass is 16.3. The Kier molecular flexibility index (Phi) is 7.07. The first kappa shape index (κ1) is 31.0. The van der Waals surface area contributed by atoms with Crippen molar-refractivity contribution in [2.45, 2.75) is 0 Å². The van der Waals surface area contributed by atoms with Crippen LogP contribution >= 0.6 is 0 Å². The van der Waals surface area contributed by atoms with Gasteiger partial charge in [-0.3, -0.25) is 9.97 Å². The SMILES string of the molecule is c1ccc2cc(-c3ccc(-c4nc(-c5ccc(-c6nccc7ncccc67)cc5)nc(-c5cccc6oc7cc8ccccc8cc7c56)n4)cc3)ccc2c1. The summed E-state index contributed by atoms with van der Waals surface area (Å²) in [6, 6.07) is 56.4. The minimum Gasteiger partial charge on any atom is -0.456 e. The monoisotopic (exact) mass is 703 g/mol. The minimum absolute atomic E-state index is 0.575. The van der Waals surface area contributed by atoms with Crippen molar-refractivity contribution in [2.24, 2.45) is 0 Å². The van der Waals surface area contributed by atoms with Crippen LogP contribution in [0.3, 0.4) is 0 Å². The third-order valence-corrected chi connectivity index (χ3v) is 10.4. The van der Waals surface area contributed by atoms with Crippen molar-refractivity contribution in [3.63, 3.8) is 0 Å². The first-order chi connectivity index (χ1) is 27.2. The number of aromatic nitrogens is 5. The van der Waals surface area contributed by atoms with Gasteiger partial charge in [-0.05, 0) is 75.1 Å². The Morgan fingerprint density at radius 3 is 1.76 bits per heavy atom. The fourth-order valence-electron chi connectivity index (χ4n) is 7.64. The van der Waals surface area contributed by atoms with E-state index < -0.39 is 0 Å². The third-order valence-electron chi connectivity index (χ3n) is 10.4. The number of rotatable bonds is 5. The fourth-order valence-corrected chi connectivity index (χ4v) is 7.64. The van der Waals surface area contributed by atoms with Crippen molar-refractivity contribution in [2.75, 3.05) is 0 Å². The van der Waals surface area contributed by atoms with Crippen LogP contribution < -0.4 is 0 Å². The van der Waals surface area contributed by atoms with Gasteiger partial charge in [0, 0.05) is 50.8 Å². The predicted molar refractivity (Wildman–Crippen MR) is 222 cm³/mol. The van der Waals surface area contributed by atoms with Crippen LogP contribution in [0.4, 0.5) is 0 Å². The van der Waals surface area contributed by atoms with Crippen molar-refractivity contribution in [3.8, 4) is 56.5 Å². The van der Waals surface area contributed by atoms with E-state index in [4.69, 9.17) is 24.4 Å². The molecule has 4 aromatic heterocycles. The molecule has 0 unspecified atom stereocenters. The van der Waals surface area contributed by atoms with E-state index in [9.17, 15) is 0 Å². The maximum Gasteiger partial charge on any atom is 0.164 e. The molecule has 6 heteroatoms. The van der Waals surface area contributed by atoms with Gasteiger partial charge in [0.2, 0.25) is 0 Å². The summed E-state index contributed by atoms with van der Waals surface area (Å²) in [5.74, 6) is 1.74. The Morgan fingerprint density at radius 2 is 1.00 bits per heavy atom. The van der Waals surface area contributed by atoms with Crippen LogP contribution in [0.5, 0.6) is 0 Å². The lowest BCUT2D eigenvalue weighted by Crippen LogP contribution is -2.00. The molecule has 0 aliphatic carbocycles. The molecule has 11 rings (SSSR count). The largest absolute Gasteiger partial charge is 0.456 e. The van der Waals surface area contributed by atoms with Crippen molar-refractivity contribution < 1.29 is 4.42 Å². The van der Waals surface area contributed by atoms with Gasteiger partial charge < -0.3 is 4.42 Å². The lowest BCUT2D eigenvalue weighted by molar-refractivity contribution is 0.669. The normalized spacial score (nSPS) is 11.6. The van der Waals surface area contributed by atoms with Gasteiger partial charge in [-0.1, -0.05) is 121 Å². The number of hydrogen-bond donors (Lipinski definition) is 0. The summed E-state index contributed by atoms with van der Waals surface area (Å²) < 4.78 is 6.44. The maximum atomic E-state index is 6.44. The van der Waals surface area contributed by atoms with Gasteiger partial charge in [-0.2, -0.15) is 0 Å². The summed E-state index contributed by atoms with van der Waals surface area (Å²) >= 11 is 0. The Hall–Kier alpha value is -7.57. The van der Waals surface area contributed by atoms with Crippen LogP contribution in [0, 0.1) is 0 Å². The van der Waals surface area contributed by atoms with Crippen molar-refractivity contribution in [3.05, 3.63) is 176 Å². The summed E-state index contributed by atoms with van der Waals surface area (Å²) in [6.45, 7) is 0. The molecule has 0 aliphatic rings. The van der Waals surface area contributed by atoms with E-state index in [1.54, 1.807) is 12.4 Å². The minimum atomic E-state index is 0.575. The lowest BCUT2D eigenvalue weighted by Gasteiger charge is -2.11. The van der Waals surface area contributed by atoms with E-state index in [0.717, 1.165) is 82.7 Å². The number of benzene rings is 7. The van der Waals surface area contributed by atoms with E-state index in [2.05, 4.69) is 138 Å². The highest BCUT2D eigenvalue weighted by Crippen LogP contribution is 2.39. The van der Waals surface area contributed by atoms with Crippen molar-refractivity contribution >= 4 is 54.4 Å². The molecule has 0 N–H and O–H groups in total. The zero-order valence-corrected chi connectivity index (χ0v) is 29.4. The molecule has 0 atom stereocenters. The Bertz CT molecular complexity index is 3260. The average molecular weight is 704 g/mol. The number of hydrogen-bond acceptors (Lipinski definition) is 6. The topological polar surface area (TPSA) is 77.6 Å². The van der Waals surface area contributed by atoms with E-state index in [0.29, 0.717) is 17.5 Å². The van der Waals surface area contributed by atoms with Gasteiger partial charge in [0.25, 0.3) is 0 Å². The highest BCUT2D eigenvalue weighted by Gasteiger charge is 2.19. The van der Waals surface area contributed by atoms with Crippen molar-refractivity contribution in [1.82, 2.24) is 24.9 Å². The average Bonchev–Trinajstić information content (AvgIpc) is 3.62.